The number of nitrogens with one attached hydrogen (secondary N) is 3. The number of rotatable bonds is 12. The fourth-order valence-corrected chi connectivity index (χ4v) is 2.21. The van der Waals surface area contributed by atoms with E-state index in [2.05, 4.69) is 16.0 Å². The van der Waals surface area contributed by atoms with Gasteiger partial charge in [-0.25, -0.2) is 0 Å². The molecular weight excluding hydrogens is 390 g/mol. The van der Waals surface area contributed by atoms with Gasteiger partial charge in [0.15, 0.2) is 0 Å². The van der Waals surface area contributed by atoms with E-state index in [0.717, 1.165) is 17.1 Å². The maximum absolute atomic E-state index is 12.2. The van der Waals surface area contributed by atoms with Gasteiger partial charge in [-0.15, -0.1) is 0 Å². The van der Waals surface area contributed by atoms with Crippen LogP contribution in [0.5, 0.6) is 0 Å². The van der Waals surface area contributed by atoms with Crippen molar-refractivity contribution in [2.24, 2.45) is 5.73 Å². The van der Waals surface area contributed by atoms with Crippen molar-refractivity contribution in [3.05, 3.63) is 12.2 Å². The molecule has 158 valence electrons. The van der Waals surface area contributed by atoms with E-state index in [9.17, 15) is 33.6 Å². The third-order valence-electron chi connectivity index (χ3n) is 3.64. The van der Waals surface area contributed by atoms with Crippen molar-refractivity contribution in [3.8, 4) is 0 Å². The summed E-state index contributed by atoms with van der Waals surface area (Å²) in [5, 5.41) is 15.4. The second-order valence-electron chi connectivity index (χ2n) is 5.92. The van der Waals surface area contributed by atoms with Crippen molar-refractivity contribution < 1.29 is 38.7 Å². The Balaban J connectivity index is 2.55. The molecule has 13 heteroatoms. The van der Waals surface area contributed by atoms with Gasteiger partial charge in [0.2, 0.25) is 23.6 Å². The Kier molecular flexibility index (Phi) is 8.95. The van der Waals surface area contributed by atoms with Gasteiger partial charge in [0, 0.05) is 31.5 Å². The average molecular weight is 411 g/mol. The molecule has 13 nitrogen and oxygen atoms in total. The van der Waals surface area contributed by atoms with Crippen molar-refractivity contribution in [3.63, 3.8) is 0 Å². The van der Waals surface area contributed by atoms with Crippen LogP contribution in [-0.4, -0.2) is 77.1 Å². The number of nitrogens with two attached hydrogens (primary N) is 1. The van der Waals surface area contributed by atoms with E-state index in [0.29, 0.717) is 0 Å². The second-order valence-corrected chi connectivity index (χ2v) is 5.92. The Morgan fingerprint density at radius 3 is 2.14 bits per heavy atom. The van der Waals surface area contributed by atoms with Crippen molar-refractivity contribution >= 4 is 41.4 Å². The van der Waals surface area contributed by atoms with E-state index in [1.165, 1.54) is 0 Å². The molecule has 1 rings (SSSR count). The summed E-state index contributed by atoms with van der Waals surface area (Å²) in [6, 6.07) is -1.26. The summed E-state index contributed by atoms with van der Waals surface area (Å²) < 4.78 is 0. The third kappa shape index (κ3) is 8.64. The van der Waals surface area contributed by atoms with E-state index < -0.39 is 67.0 Å². The molecule has 29 heavy (non-hydrogen) atoms. The second kappa shape index (κ2) is 11.2. The number of carboxylic acid groups (broad SMARTS) is 1. The molecule has 0 aromatic heterocycles. The van der Waals surface area contributed by atoms with Crippen LogP contribution in [0.1, 0.15) is 19.3 Å². The smallest absolute Gasteiger partial charge is 0.303 e. The number of aliphatic carboxylic acids is 1. The number of hydrogen-bond acceptors (Lipinski definition) is 7. The van der Waals surface area contributed by atoms with Crippen LogP contribution in [0.25, 0.3) is 0 Å². The van der Waals surface area contributed by atoms with Gasteiger partial charge in [-0.3, -0.25) is 38.5 Å². The zero-order valence-corrected chi connectivity index (χ0v) is 15.3. The molecule has 1 unspecified atom stereocenters. The first-order valence-corrected chi connectivity index (χ1v) is 8.47. The molecule has 0 bridgehead atoms. The minimum Gasteiger partial charge on any atom is -0.481 e. The number of amides is 6. The van der Waals surface area contributed by atoms with Crippen molar-refractivity contribution in [1.29, 1.82) is 0 Å². The van der Waals surface area contributed by atoms with Crippen LogP contribution in [0, 0.1) is 0 Å². The van der Waals surface area contributed by atoms with Crippen molar-refractivity contribution in [2.45, 2.75) is 25.3 Å². The van der Waals surface area contributed by atoms with E-state index in [-0.39, 0.29) is 19.4 Å². The Hall–Kier alpha value is -3.77. The maximum atomic E-state index is 12.2. The third-order valence-corrected chi connectivity index (χ3v) is 3.64. The highest BCUT2D eigenvalue weighted by atomic mass is 16.4. The molecule has 1 aliphatic heterocycles. The Labute approximate surface area is 164 Å². The summed E-state index contributed by atoms with van der Waals surface area (Å²) in [7, 11) is 0. The van der Waals surface area contributed by atoms with E-state index in [1.807, 2.05) is 0 Å². The minimum atomic E-state index is -1.26. The van der Waals surface area contributed by atoms with Crippen LogP contribution in [0.2, 0.25) is 0 Å². The molecule has 0 aromatic rings. The topological polar surface area (TPSA) is 205 Å². The van der Waals surface area contributed by atoms with Crippen LogP contribution in [-0.2, 0) is 33.6 Å². The van der Waals surface area contributed by atoms with E-state index in [4.69, 9.17) is 10.8 Å². The highest BCUT2D eigenvalue weighted by Gasteiger charge is 2.26. The lowest BCUT2D eigenvalue weighted by atomic mass is 10.1. The number of imide groups is 1. The van der Waals surface area contributed by atoms with Gasteiger partial charge in [-0.1, -0.05) is 0 Å². The SMILES string of the molecule is NC(=O)CNC(=O)CNC(=O)C(CCC(=O)O)NC(=O)CCN1C(=O)C=CC1=O. The molecule has 1 heterocycles. The largest absolute Gasteiger partial charge is 0.481 e. The lowest BCUT2D eigenvalue weighted by molar-refractivity contribution is -0.139. The molecule has 6 N–H and O–H groups in total. The summed E-state index contributed by atoms with van der Waals surface area (Å²) in [4.78, 5) is 80.8. The molecule has 0 spiro atoms. The van der Waals surface area contributed by atoms with Gasteiger partial charge >= 0.3 is 5.97 Å². The normalized spacial score (nSPS) is 13.7. The van der Waals surface area contributed by atoms with Gasteiger partial charge in [0.05, 0.1) is 13.1 Å². The molecule has 0 aliphatic carbocycles. The van der Waals surface area contributed by atoms with Crippen LogP contribution in [0.4, 0.5) is 0 Å². The number of carbonyl (C=O) groups excluding carboxylic acids is 6. The molecule has 0 aromatic carbocycles. The van der Waals surface area contributed by atoms with E-state index in [1.54, 1.807) is 0 Å². The Morgan fingerprint density at radius 1 is 0.966 bits per heavy atom. The summed E-state index contributed by atoms with van der Waals surface area (Å²) in [5.74, 6) is -5.32. The maximum Gasteiger partial charge on any atom is 0.303 e. The standard InChI is InChI=1S/C16H21N5O8/c17-10(22)7-18-12(24)8-19-16(29)9(1-4-15(27)28)20-11(23)5-6-21-13(25)2-3-14(21)26/h2-3,9H,1,4-8H2,(H2,17,22)(H,18,24)(H,19,29)(H,20,23)(H,27,28). The highest BCUT2D eigenvalue weighted by molar-refractivity contribution is 6.13. The summed E-state index contributed by atoms with van der Waals surface area (Å²) in [6.07, 6.45) is 1.15. The first-order valence-electron chi connectivity index (χ1n) is 8.47. The zero-order valence-electron chi connectivity index (χ0n) is 15.3. The summed E-state index contributed by atoms with van der Waals surface area (Å²) >= 11 is 0. The van der Waals surface area contributed by atoms with Gasteiger partial charge in [-0.05, 0) is 6.42 Å². The van der Waals surface area contributed by atoms with Crippen LogP contribution in [0.3, 0.4) is 0 Å². The number of primary amides is 1. The number of nitrogens with zero attached hydrogens (tertiary/aromatic N) is 1. The highest BCUT2D eigenvalue weighted by Crippen LogP contribution is 2.05. The molecule has 0 fully saturated rings. The minimum absolute atomic E-state index is 0.209. The van der Waals surface area contributed by atoms with Gasteiger partial charge < -0.3 is 26.8 Å². The molecule has 0 radical (unpaired) electrons. The fraction of sp³-hybridized carbons (Fsp3) is 0.438. The summed E-state index contributed by atoms with van der Waals surface area (Å²) in [6.45, 7) is -1.15. The lowest BCUT2D eigenvalue weighted by Gasteiger charge is -2.19. The Morgan fingerprint density at radius 2 is 1.59 bits per heavy atom. The van der Waals surface area contributed by atoms with Gasteiger partial charge in [0.25, 0.3) is 11.8 Å². The van der Waals surface area contributed by atoms with Crippen LogP contribution < -0.4 is 21.7 Å². The summed E-state index contributed by atoms with van der Waals surface area (Å²) in [5.41, 5.74) is 4.86. The van der Waals surface area contributed by atoms with Gasteiger partial charge in [0.1, 0.15) is 6.04 Å². The van der Waals surface area contributed by atoms with Gasteiger partial charge in [-0.2, -0.15) is 0 Å². The first kappa shape index (κ1) is 23.3. The Bertz CT molecular complexity index is 730. The number of hydrogen-bond donors (Lipinski definition) is 5. The number of carboxylic acids is 1. The monoisotopic (exact) mass is 411 g/mol. The lowest BCUT2D eigenvalue weighted by Crippen LogP contribution is -2.50. The van der Waals surface area contributed by atoms with Crippen molar-refractivity contribution in [1.82, 2.24) is 20.9 Å². The molecular formula is C16H21N5O8. The molecule has 1 aliphatic rings. The fourth-order valence-electron chi connectivity index (χ4n) is 2.21. The van der Waals surface area contributed by atoms with Crippen LogP contribution >= 0.6 is 0 Å². The number of carbonyl (C=O) groups is 7. The first-order chi connectivity index (χ1) is 13.6. The van der Waals surface area contributed by atoms with Crippen LogP contribution in [0.15, 0.2) is 12.2 Å². The van der Waals surface area contributed by atoms with E-state index >= 15 is 0 Å². The zero-order chi connectivity index (χ0) is 22.0. The quantitative estimate of drug-likeness (QED) is 0.202. The average Bonchev–Trinajstić information content (AvgIpc) is 2.97. The predicted molar refractivity (Wildman–Crippen MR) is 94.5 cm³/mol. The molecule has 0 saturated carbocycles. The van der Waals surface area contributed by atoms with Crippen molar-refractivity contribution in [2.75, 3.05) is 19.6 Å². The molecule has 6 amide bonds. The molecule has 1 atom stereocenters. The predicted octanol–water partition coefficient (Wildman–Crippen LogP) is -3.63. The molecule has 0 saturated heterocycles.